The van der Waals surface area contributed by atoms with Crippen molar-refractivity contribution in [2.75, 3.05) is 0 Å². The molecule has 0 radical (unpaired) electrons. The van der Waals surface area contributed by atoms with Gasteiger partial charge in [-0.2, -0.15) is 0 Å². The van der Waals surface area contributed by atoms with Crippen LogP contribution in [0.15, 0.2) is 59.4 Å². The fraction of sp³-hybridized carbons (Fsp3) is 0.143. The molecule has 5 heteroatoms. The van der Waals surface area contributed by atoms with E-state index in [1.54, 1.807) is 37.3 Å². The molecule has 0 N–H and O–H groups in total. The van der Waals surface area contributed by atoms with Crippen molar-refractivity contribution in [1.82, 2.24) is 0 Å². The van der Waals surface area contributed by atoms with Gasteiger partial charge in [-0.1, -0.05) is 24.3 Å². The minimum atomic E-state index is -0.694. The first kappa shape index (κ1) is 17.7. The molecule has 0 unspecified atom stereocenters. The van der Waals surface area contributed by atoms with Gasteiger partial charge >= 0.3 is 5.97 Å². The number of ketones is 1. The maximum atomic E-state index is 14.2. The molecule has 1 aliphatic rings. The molecule has 0 saturated carbocycles. The number of carbonyl (C=O) groups excluding carboxylic acids is 2. The lowest BCUT2D eigenvalue weighted by Gasteiger charge is -2.10. The molecule has 0 heterocycles. The zero-order chi connectivity index (χ0) is 18.8. The lowest BCUT2D eigenvalue weighted by Crippen LogP contribution is -2.03. The quantitative estimate of drug-likeness (QED) is 0.586. The summed E-state index contributed by atoms with van der Waals surface area (Å²) in [7, 11) is 0. The highest BCUT2D eigenvalue weighted by Crippen LogP contribution is 2.34. The van der Waals surface area contributed by atoms with Gasteiger partial charge in [0.05, 0.1) is 5.57 Å². The van der Waals surface area contributed by atoms with E-state index in [-0.39, 0.29) is 29.1 Å². The Morgan fingerprint density at radius 2 is 1.85 bits per heavy atom. The average Bonchev–Trinajstić information content (AvgIpc) is 2.82. The maximum Gasteiger partial charge on any atom is 0.308 e. The highest BCUT2D eigenvalue weighted by molar-refractivity contribution is 6.08. The Hall–Kier alpha value is -3.08. The van der Waals surface area contributed by atoms with Gasteiger partial charge < -0.3 is 4.74 Å². The molecule has 2 aromatic rings. The van der Waals surface area contributed by atoms with Crippen LogP contribution in [0.25, 0.3) is 17.2 Å². The van der Waals surface area contributed by atoms with Crippen LogP contribution in [0.1, 0.15) is 25.8 Å². The lowest BCUT2D eigenvalue weighted by atomic mass is 9.97. The van der Waals surface area contributed by atoms with Crippen LogP contribution in [0.4, 0.5) is 8.78 Å². The molecule has 1 aliphatic carbocycles. The zero-order valence-electron chi connectivity index (χ0n) is 14.3. The van der Waals surface area contributed by atoms with Crippen molar-refractivity contribution >= 4 is 17.8 Å². The fourth-order valence-corrected chi connectivity index (χ4v) is 2.94. The van der Waals surface area contributed by atoms with E-state index in [0.717, 1.165) is 6.07 Å². The molecule has 0 amide bonds. The number of esters is 1. The second kappa shape index (κ2) is 7.04. The van der Waals surface area contributed by atoms with Crippen LogP contribution in [0, 0.1) is 11.6 Å². The Kier molecular flexibility index (Phi) is 4.80. The van der Waals surface area contributed by atoms with Crippen molar-refractivity contribution < 1.29 is 23.1 Å². The normalized spacial score (nSPS) is 15.7. The summed E-state index contributed by atoms with van der Waals surface area (Å²) in [5, 5.41) is 0. The van der Waals surface area contributed by atoms with E-state index in [1.807, 2.05) is 0 Å². The number of ether oxygens (including phenoxy) is 1. The van der Waals surface area contributed by atoms with Gasteiger partial charge in [0.2, 0.25) is 0 Å². The molecule has 0 spiro atoms. The van der Waals surface area contributed by atoms with Crippen LogP contribution in [-0.4, -0.2) is 11.8 Å². The van der Waals surface area contributed by atoms with Gasteiger partial charge in [-0.15, -0.1) is 0 Å². The number of carbonyl (C=O) groups is 2. The van der Waals surface area contributed by atoms with Crippen molar-refractivity contribution in [3.05, 3.63) is 76.6 Å². The minimum absolute atomic E-state index is 0.168. The number of rotatable bonds is 3. The fourth-order valence-electron chi connectivity index (χ4n) is 2.94. The van der Waals surface area contributed by atoms with E-state index >= 15 is 0 Å². The second-order valence-electron chi connectivity index (χ2n) is 6.07. The summed E-state index contributed by atoms with van der Waals surface area (Å²) in [6, 6.07) is 10.2. The molecule has 0 aromatic heterocycles. The van der Waals surface area contributed by atoms with Gasteiger partial charge in [0.1, 0.15) is 17.4 Å². The second-order valence-corrected chi connectivity index (χ2v) is 6.07. The Morgan fingerprint density at radius 3 is 2.54 bits per heavy atom. The molecule has 0 atom stereocenters. The average molecular weight is 354 g/mol. The first-order chi connectivity index (χ1) is 12.4. The predicted octanol–water partition coefficient (Wildman–Crippen LogP) is 4.83. The lowest BCUT2D eigenvalue weighted by molar-refractivity contribution is -0.136. The molecule has 0 saturated heterocycles. The van der Waals surface area contributed by atoms with Crippen molar-refractivity contribution in [3.8, 4) is 11.1 Å². The summed E-state index contributed by atoms with van der Waals surface area (Å²) in [5.41, 5.74) is 2.24. The first-order valence-electron chi connectivity index (χ1n) is 8.04. The molecular weight excluding hydrogens is 338 g/mol. The van der Waals surface area contributed by atoms with Gasteiger partial charge in [0, 0.05) is 25.0 Å². The van der Waals surface area contributed by atoms with E-state index in [0.29, 0.717) is 16.7 Å². The van der Waals surface area contributed by atoms with Crippen LogP contribution in [-0.2, 0) is 14.3 Å². The Labute approximate surface area is 149 Å². The van der Waals surface area contributed by atoms with Gasteiger partial charge in [-0.3, -0.25) is 9.59 Å². The van der Waals surface area contributed by atoms with E-state index < -0.39 is 17.6 Å². The highest BCUT2D eigenvalue weighted by atomic mass is 19.1. The first-order valence-corrected chi connectivity index (χ1v) is 8.04. The van der Waals surface area contributed by atoms with E-state index in [2.05, 4.69) is 0 Å². The van der Waals surface area contributed by atoms with Crippen LogP contribution in [0.3, 0.4) is 0 Å². The largest absolute Gasteiger partial charge is 0.426 e. The number of Topliss-reactive ketones (excluding diaryl/α,β-unsaturated/α-hetero) is 1. The van der Waals surface area contributed by atoms with Crippen molar-refractivity contribution in [2.45, 2.75) is 20.3 Å². The molecule has 0 bridgehead atoms. The minimum Gasteiger partial charge on any atom is -0.426 e. The third-order valence-electron chi connectivity index (χ3n) is 4.09. The molecule has 2 aromatic carbocycles. The maximum absolute atomic E-state index is 14.2. The number of halogens is 2. The molecule has 132 valence electrons. The van der Waals surface area contributed by atoms with E-state index in [9.17, 15) is 18.4 Å². The number of allylic oxidation sites excluding steroid dienone is 2. The highest BCUT2D eigenvalue weighted by Gasteiger charge is 2.28. The van der Waals surface area contributed by atoms with Gasteiger partial charge in [-0.25, -0.2) is 8.78 Å². The summed E-state index contributed by atoms with van der Waals surface area (Å²) in [6.45, 7) is 2.99. The molecule has 0 aliphatic heterocycles. The summed E-state index contributed by atoms with van der Waals surface area (Å²) in [5.74, 6) is -1.80. The van der Waals surface area contributed by atoms with Crippen molar-refractivity contribution in [2.24, 2.45) is 0 Å². The number of hydrogen-bond donors (Lipinski definition) is 0. The van der Waals surface area contributed by atoms with Gasteiger partial charge in [-0.05, 0) is 41.8 Å². The molecule has 0 fully saturated rings. The summed E-state index contributed by atoms with van der Waals surface area (Å²) >= 11 is 0. The van der Waals surface area contributed by atoms with E-state index in [1.165, 1.54) is 19.1 Å². The predicted molar refractivity (Wildman–Crippen MR) is 93.9 cm³/mol. The van der Waals surface area contributed by atoms with Crippen LogP contribution in [0.2, 0.25) is 0 Å². The zero-order valence-corrected chi connectivity index (χ0v) is 14.3. The van der Waals surface area contributed by atoms with Gasteiger partial charge in [0.15, 0.2) is 5.78 Å². The summed E-state index contributed by atoms with van der Waals surface area (Å²) < 4.78 is 32.6. The number of benzene rings is 2. The van der Waals surface area contributed by atoms with Crippen molar-refractivity contribution in [1.29, 1.82) is 0 Å². The van der Waals surface area contributed by atoms with Gasteiger partial charge in [0.25, 0.3) is 0 Å². The number of hydrogen-bond acceptors (Lipinski definition) is 3. The summed E-state index contributed by atoms with van der Waals surface area (Å²) in [6.07, 6.45) is 1.75. The summed E-state index contributed by atoms with van der Waals surface area (Å²) in [4.78, 5) is 23.7. The molecule has 3 nitrogen and oxygen atoms in total. The Morgan fingerprint density at radius 1 is 1.12 bits per heavy atom. The Bertz CT molecular complexity index is 971. The third-order valence-corrected chi connectivity index (χ3v) is 4.09. The van der Waals surface area contributed by atoms with E-state index in [4.69, 9.17) is 4.74 Å². The standard InChI is InChI=1S/C21H16F2O3/c1-12-9-20(25)18(21(12)26-13(2)24)10-14-5-3-4-6-16(14)17-8-7-15(22)11-19(17)23/h3-8,10-11H,9H2,1-2H3/b18-10-. The topological polar surface area (TPSA) is 43.4 Å². The molecule has 26 heavy (non-hydrogen) atoms. The third kappa shape index (κ3) is 3.47. The molecule has 3 rings (SSSR count). The van der Waals surface area contributed by atoms with Crippen LogP contribution < -0.4 is 0 Å². The van der Waals surface area contributed by atoms with Crippen molar-refractivity contribution in [3.63, 3.8) is 0 Å². The molecular formula is C21H16F2O3. The monoisotopic (exact) mass is 354 g/mol. The smallest absolute Gasteiger partial charge is 0.308 e. The van der Waals surface area contributed by atoms with Crippen LogP contribution >= 0.6 is 0 Å². The SMILES string of the molecule is CC(=O)OC1=C(C)CC(=O)/C1=C/c1ccccc1-c1ccc(F)cc1F. The Balaban J connectivity index is 2.12. The van der Waals surface area contributed by atoms with Crippen LogP contribution in [0.5, 0.6) is 0 Å².